The van der Waals surface area contributed by atoms with E-state index in [4.69, 9.17) is 15.2 Å². The van der Waals surface area contributed by atoms with E-state index in [-0.39, 0.29) is 43.5 Å². The Labute approximate surface area is 337 Å². The third-order valence-electron chi connectivity index (χ3n) is 9.72. The van der Waals surface area contributed by atoms with Crippen molar-refractivity contribution in [2.45, 2.75) is 106 Å². The van der Waals surface area contributed by atoms with Crippen molar-refractivity contribution in [2.24, 2.45) is 28.4 Å². The lowest BCUT2D eigenvalue weighted by Crippen LogP contribution is -2.60. The summed E-state index contributed by atoms with van der Waals surface area (Å²) in [7, 11) is 1.22. The molecule has 2 aromatic carbocycles. The zero-order valence-corrected chi connectivity index (χ0v) is 35.1. The number of pyridine rings is 1. The number of ether oxygens (including phenoxy) is 2. The number of hydrogen-bond acceptors (Lipinski definition) is 10. The first kappa shape index (κ1) is 46.2. The van der Waals surface area contributed by atoms with Gasteiger partial charge in [-0.05, 0) is 53.4 Å². The van der Waals surface area contributed by atoms with E-state index in [1.54, 1.807) is 11.2 Å². The second-order valence-electron chi connectivity index (χ2n) is 17.1. The molecule has 3 aromatic rings. The molecular weight excluding hydrogens is 725 g/mol. The summed E-state index contributed by atoms with van der Waals surface area (Å²) >= 11 is 0. The number of esters is 1. The molecule has 3 amide bonds. The Hall–Kier alpha value is -5.14. The molecule has 2 unspecified atom stereocenters. The minimum absolute atomic E-state index is 0.0220. The highest BCUT2D eigenvalue weighted by Gasteiger charge is 2.39. The lowest BCUT2D eigenvalue weighted by molar-refractivity contribution is -0.156. The van der Waals surface area contributed by atoms with Crippen molar-refractivity contribution in [1.82, 2.24) is 26.1 Å². The van der Waals surface area contributed by atoms with Crippen LogP contribution in [0.2, 0.25) is 0 Å². The van der Waals surface area contributed by atoms with Crippen molar-refractivity contribution in [3.05, 3.63) is 90.1 Å². The number of hydrogen-bond donors (Lipinski definition) is 4. The van der Waals surface area contributed by atoms with Gasteiger partial charge in [0.15, 0.2) is 0 Å². The Morgan fingerprint density at radius 3 is 1.96 bits per heavy atom. The first-order valence-corrected chi connectivity index (χ1v) is 19.4. The summed E-state index contributed by atoms with van der Waals surface area (Å²) in [5.41, 5.74) is 11.3. The van der Waals surface area contributed by atoms with Crippen LogP contribution in [0.1, 0.15) is 79.9 Å². The van der Waals surface area contributed by atoms with Crippen LogP contribution in [-0.4, -0.2) is 77.5 Å². The van der Waals surface area contributed by atoms with Gasteiger partial charge in [0.25, 0.3) is 5.91 Å². The molecule has 0 spiro atoms. The lowest BCUT2D eigenvalue weighted by Gasteiger charge is -2.37. The largest absolute Gasteiger partial charge is 0.458 e. The van der Waals surface area contributed by atoms with Gasteiger partial charge in [-0.2, -0.15) is 0 Å². The summed E-state index contributed by atoms with van der Waals surface area (Å²) in [6.07, 6.45) is 0.136. The minimum Gasteiger partial charge on any atom is -0.458 e. The first-order chi connectivity index (χ1) is 26.7. The van der Waals surface area contributed by atoms with Gasteiger partial charge in [-0.1, -0.05) is 116 Å². The molecule has 0 aliphatic rings. The van der Waals surface area contributed by atoms with Crippen molar-refractivity contribution in [3.63, 3.8) is 0 Å². The Balaban J connectivity index is 2.16. The van der Waals surface area contributed by atoms with Crippen molar-refractivity contribution < 1.29 is 33.4 Å². The number of carbonyl (C=O) groups excluding carboxylic acids is 5. The molecule has 0 aliphatic heterocycles. The van der Waals surface area contributed by atoms with Crippen molar-refractivity contribution in [2.75, 3.05) is 13.7 Å². The van der Waals surface area contributed by atoms with E-state index < -0.39 is 58.9 Å². The molecule has 5 atom stereocenters. The number of nitrogens with two attached hydrogens (primary N) is 1. The fourth-order valence-corrected chi connectivity index (χ4v) is 6.23. The number of methoxy groups -OCH3 is 1. The smallest absolute Gasteiger partial charge is 0.407 e. The van der Waals surface area contributed by atoms with Crippen LogP contribution >= 0.6 is 0 Å². The van der Waals surface area contributed by atoms with Crippen LogP contribution < -0.4 is 21.8 Å². The van der Waals surface area contributed by atoms with Crippen LogP contribution in [0.5, 0.6) is 0 Å². The molecule has 310 valence electrons. The van der Waals surface area contributed by atoms with E-state index in [2.05, 4.69) is 21.0 Å². The SMILES string of the molecule is COC(=O)N[C@@H](C(=O)NN(Cc1ccc(-c2ccccn2)cc1)C[C@H](OC(=O)C(N)C(C)C)C(Cc1ccccc1)NC(=O)[C@H](CC(C)=O)C(C)(C)C)C(C)(C)C. The molecule has 0 aliphatic carbocycles. The predicted molar refractivity (Wildman–Crippen MR) is 220 cm³/mol. The normalized spacial score (nSPS) is 14.5. The zero-order chi connectivity index (χ0) is 42.5. The monoisotopic (exact) mass is 786 g/mol. The van der Waals surface area contributed by atoms with Gasteiger partial charge in [0, 0.05) is 30.6 Å². The fraction of sp³-hybridized carbons (Fsp3) is 0.500. The van der Waals surface area contributed by atoms with Crippen molar-refractivity contribution >= 4 is 29.7 Å². The standard InChI is InChI=1S/C44H62N6O7/c1-28(2)37(45)41(54)57-36(35(25-30-16-12-11-13-17-30)47-39(52)33(24-29(3)51)43(4,5)6)27-50(49-40(53)38(44(7,8)9)48-42(55)56-10)26-31-19-21-32(22-20-31)34-18-14-15-23-46-34/h11-23,28,33,35-38H,24-27,45H2,1-10H3,(H,47,52)(H,48,55)(H,49,53)/t33-,35?,36-,37?,38-/m0/s1. The van der Waals surface area contributed by atoms with Gasteiger partial charge < -0.3 is 30.6 Å². The molecule has 3 rings (SSSR count). The van der Waals surface area contributed by atoms with Crippen LogP contribution in [0.25, 0.3) is 11.3 Å². The maximum absolute atomic E-state index is 14.2. The van der Waals surface area contributed by atoms with Crippen molar-refractivity contribution in [1.29, 1.82) is 0 Å². The van der Waals surface area contributed by atoms with Crippen molar-refractivity contribution in [3.8, 4) is 11.3 Å². The topological polar surface area (TPSA) is 182 Å². The maximum atomic E-state index is 14.2. The Morgan fingerprint density at radius 1 is 0.807 bits per heavy atom. The van der Waals surface area contributed by atoms with E-state index in [1.165, 1.54) is 14.0 Å². The lowest BCUT2D eigenvalue weighted by atomic mass is 9.77. The second kappa shape index (κ2) is 20.9. The highest BCUT2D eigenvalue weighted by Crippen LogP contribution is 2.30. The molecule has 13 heteroatoms. The van der Waals surface area contributed by atoms with Crippen LogP contribution in [0.4, 0.5) is 4.79 Å². The highest BCUT2D eigenvalue weighted by molar-refractivity contribution is 5.87. The number of nitrogens with one attached hydrogen (secondary N) is 3. The Morgan fingerprint density at radius 2 is 1.44 bits per heavy atom. The number of hydrazine groups is 1. The zero-order valence-electron chi connectivity index (χ0n) is 35.1. The van der Waals surface area contributed by atoms with Gasteiger partial charge in [-0.3, -0.25) is 24.8 Å². The van der Waals surface area contributed by atoms with Crippen LogP contribution in [0.3, 0.4) is 0 Å². The summed E-state index contributed by atoms with van der Waals surface area (Å²) in [4.78, 5) is 71.4. The molecule has 0 saturated heterocycles. The summed E-state index contributed by atoms with van der Waals surface area (Å²) in [5.74, 6) is -2.67. The molecule has 0 saturated carbocycles. The molecule has 13 nitrogen and oxygen atoms in total. The highest BCUT2D eigenvalue weighted by atomic mass is 16.5. The van der Waals surface area contributed by atoms with Gasteiger partial charge in [-0.15, -0.1) is 0 Å². The van der Waals surface area contributed by atoms with E-state index >= 15 is 0 Å². The molecule has 0 fully saturated rings. The second-order valence-corrected chi connectivity index (χ2v) is 17.1. The first-order valence-electron chi connectivity index (χ1n) is 19.4. The van der Waals surface area contributed by atoms with E-state index in [0.717, 1.165) is 22.4 Å². The molecule has 0 radical (unpaired) electrons. The number of benzene rings is 2. The molecule has 57 heavy (non-hydrogen) atoms. The summed E-state index contributed by atoms with van der Waals surface area (Å²) < 4.78 is 11.1. The van der Waals surface area contributed by atoms with Crippen LogP contribution in [0, 0.1) is 22.7 Å². The third-order valence-corrected chi connectivity index (χ3v) is 9.72. The fourth-order valence-electron chi connectivity index (χ4n) is 6.23. The molecule has 0 bridgehead atoms. The van der Waals surface area contributed by atoms with E-state index in [0.29, 0.717) is 0 Å². The van der Waals surface area contributed by atoms with Gasteiger partial charge in [0.2, 0.25) is 5.91 Å². The van der Waals surface area contributed by atoms with Gasteiger partial charge >= 0.3 is 12.1 Å². The number of carbonyl (C=O) groups is 5. The van der Waals surface area contributed by atoms with E-state index in [1.807, 2.05) is 128 Å². The number of amides is 3. The molecular formula is C44H62N6O7. The summed E-state index contributed by atoms with van der Waals surface area (Å²) in [5, 5.41) is 7.40. The average molecular weight is 787 g/mol. The summed E-state index contributed by atoms with van der Waals surface area (Å²) in [6.45, 7) is 16.2. The average Bonchev–Trinajstić information content (AvgIpc) is 3.14. The number of nitrogens with zero attached hydrogens (tertiary/aromatic N) is 2. The number of ketones is 1. The number of Topliss-reactive ketones (excluding diaryl/α,β-unsaturated/α-hetero) is 1. The van der Waals surface area contributed by atoms with Gasteiger partial charge in [0.1, 0.15) is 24.0 Å². The number of rotatable bonds is 18. The minimum atomic E-state index is -1.07. The molecule has 5 N–H and O–H groups in total. The third kappa shape index (κ3) is 14.7. The number of aromatic nitrogens is 1. The maximum Gasteiger partial charge on any atom is 0.407 e. The molecule has 1 heterocycles. The quantitative estimate of drug-likeness (QED) is 0.0934. The van der Waals surface area contributed by atoms with Crippen LogP contribution in [-0.2, 0) is 41.6 Å². The Kier molecular flexibility index (Phi) is 16.9. The van der Waals surface area contributed by atoms with Gasteiger partial charge in [0.05, 0.1) is 25.4 Å². The summed E-state index contributed by atoms with van der Waals surface area (Å²) in [6, 6.07) is 19.9. The van der Waals surface area contributed by atoms with Crippen LogP contribution in [0.15, 0.2) is 79.0 Å². The Bertz CT molecular complexity index is 1770. The van der Waals surface area contributed by atoms with E-state index in [9.17, 15) is 24.0 Å². The molecule has 1 aromatic heterocycles. The van der Waals surface area contributed by atoms with Gasteiger partial charge in [-0.25, -0.2) is 9.80 Å². The number of alkyl carbamates (subject to hydrolysis) is 1. The predicted octanol–water partition coefficient (Wildman–Crippen LogP) is 5.62.